The lowest BCUT2D eigenvalue weighted by Gasteiger charge is -2.16. The first-order chi connectivity index (χ1) is 17.6. The maximum Gasteiger partial charge on any atom is 0.255 e. The summed E-state index contributed by atoms with van der Waals surface area (Å²) in [5.41, 5.74) is 12.2. The van der Waals surface area contributed by atoms with Crippen molar-refractivity contribution < 1.29 is 19.1 Å². The highest BCUT2D eigenvalue weighted by atomic mass is 16.7. The van der Waals surface area contributed by atoms with Gasteiger partial charge in [0.15, 0.2) is 11.5 Å². The number of carbonyl (C=O) groups is 2. The molecule has 7 nitrogen and oxygen atoms in total. The number of amides is 2. The third kappa shape index (κ3) is 3.90. The van der Waals surface area contributed by atoms with Crippen molar-refractivity contribution in [1.82, 2.24) is 4.90 Å². The SMILES string of the molecule is Nc1ccccc1NC(=O)c1ccc(CN2Cc3c(cccc3-c3ccc4c(c3)OCO4)C2=O)cc1. The van der Waals surface area contributed by atoms with Crippen molar-refractivity contribution in [3.63, 3.8) is 0 Å². The van der Waals surface area contributed by atoms with Gasteiger partial charge in [-0.2, -0.15) is 0 Å². The lowest BCUT2D eigenvalue weighted by molar-refractivity contribution is 0.0766. The molecule has 36 heavy (non-hydrogen) atoms. The minimum atomic E-state index is -0.238. The van der Waals surface area contributed by atoms with E-state index in [1.165, 1.54) is 0 Å². The highest BCUT2D eigenvalue weighted by Gasteiger charge is 2.30. The summed E-state index contributed by atoms with van der Waals surface area (Å²) in [7, 11) is 0. The molecule has 0 spiro atoms. The zero-order valence-electron chi connectivity index (χ0n) is 19.4. The van der Waals surface area contributed by atoms with Crippen LogP contribution in [-0.2, 0) is 13.1 Å². The zero-order valence-corrected chi connectivity index (χ0v) is 19.4. The van der Waals surface area contributed by atoms with E-state index in [9.17, 15) is 9.59 Å². The molecule has 0 radical (unpaired) electrons. The molecule has 2 amide bonds. The van der Waals surface area contributed by atoms with Crippen molar-refractivity contribution in [2.24, 2.45) is 0 Å². The highest BCUT2D eigenvalue weighted by molar-refractivity contribution is 6.05. The van der Waals surface area contributed by atoms with E-state index >= 15 is 0 Å². The number of rotatable bonds is 5. The number of benzene rings is 4. The number of nitrogens with zero attached hydrogens (tertiary/aromatic N) is 1. The summed E-state index contributed by atoms with van der Waals surface area (Å²) in [6, 6.07) is 26.0. The van der Waals surface area contributed by atoms with Crippen molar-refractivity contribution in [3.05, 3.63) is 107 Å². The van der Waals surface area contributed by atoms with Crippen LogP contribution in [-0.4, -0.2) is 23.5 Å². The summed E-state index contributed by atoms with van der Waals surface area (Å²) in [6.45, 7) is 1.18. The predicted octanol–water partition coefficient (Wildman–Crippen LogP) is 5.07. The lowest BCUT2D eigenvalue weighted by Crippen LogP contribution is -2.23. The van der Waals surface area contributed by atoms with Crippen LogP contribution in [0, 0.1) is 0 Å². The Morgan fingerprint density at radius 2 is 1.67 bits per heavy atom. The van der Waals surface area contributed by atoms with Gasteiger partial charge in [-0.1, -0.05) is 42.5 Å². The van der Waals surface area contributed by atoms with Crippen LogP contribution in [0.4, 0.5) is 11.4 Å². The number of fused-ring (bicyclic) bond motifs is 2. The third-order valence-corrected chi connectivity index (χ3v) is 6.52. The number of anilines is 2. The van der Waals surface area contributed by atoms with Gasteiger partial charge in [0.25, 0.3) is 11.8 Å². The third-order valence-electron chi connectivity index (χ3n) is 6.52. The first-order valence-corrected chi connectivity index (χ1v) is 11.6. The van der Waals surface area contributed by atoms with E-state index in [0.717, 1.165) is 28.0 Å². The van der Waals surface area contributed by atoms with Crippen molar-refractivity contribution in [2.45, 2.75) is 13.1 Å². The fourth-order valence-electron chi connectivity index (χ4n) is 4.64. The Labute approximate surface area is 208 Å². The Balaban J connectivity index is 1.18. The van der Waals surface area contributed by atoms with Crippen LogP contribution in [0.2, 0.25) is 0 Å². The van der Waals surface area contributed by atoms with Gasteiger partial charge < -0.3 is 25.4 Å². The zero-order chi connectivity index (χ0) is 24.6. The van der Waals surface area contributed by atoms with Crippen LogP contribution in [0.15, 0.2) is 84.9 Å². The normalized spacial score (nSPS) is 13.6. The second-order valence-electron chi connectivity index (χ2n) is 8.80. The largest absolute Gasteiger partial charge is 0.454 e. The molecule has 0 saturated heterocycles. The summed E-state index contributed by atoms with van der Waals surface area (Å²) >= 11 is 0. The number of hydrogen-bond donors (Lipinski definition) is 2. The molecule has 2 aliphatic heterocycles. The number of nitrogens with one attached hydrogen (secondary N) is 1. The Morgan fingerprint density at radius 3 is 2.50 bits per heavy atom. The number of carbonyl (C=O) groups excluding carboxylic acids is 2. The summed E-state index contributed by atoms with van der Waals surface area (Å²) in [5.74, 6) is 1.20. The lowest BCUT2D eigenvalue weighted by atomic mass is 9.97. The van der Waals surface area contributed by atoms with Gasteiger partial charge in [-0.3, -0.25) is 9.59 Å². The van der Waals surface area contributed by atoms with E-state index in [2.05, 4.69) is 5.32 Å². The Kier molecular flexibility index (Phi) is 5.30. The van der Waals surface area contributed by atoms with Crippen LogP contribution >= 0.6 is 0 Å². The summed E-state index contributed by atoms with van der Waals surface area (Å²) in [4.78, 5) is 27.6. The Bertz CT molecular complexity index is 1500. The maximum atomic E-state index is 13.2. The average molecular weight is 478 g/mol. The van der Waals surface area contributed by atoms with Crippen molar-refractivity contribution in [3.8, 4) is 22.6 Å². The molecule has 0 aliphatic carbocycles. The number of para-hydroxylation sites is 2. The van der Waals surface area contributed by atoms with E-state index in [1.54, 1.807) is 24.3 Å². The fraction of sp³-hybridized carbons (Fsp3) is 0.103. The number of nitrogen functional groups attached to an aromatic ring is 1. The molecule has 0 atom stereocenters. The molecular formula is C29H23N3O4. The van der Waals surface area contributed by atoms with Crippen LogP contribution in [0.3, 0.4) is 0 Å². The molecule has 0 unspecified atom stereocenters. The molecule has 0 aromatic heterocycles. The van der Waals surface area contributed by atoms with E-state index in [-0.39, 0.29) is 18.6 Å². The van der Waals surface area contributed by atoms with E-state index in [4.69, 9.17) is 15.2 Å². The molecule has 2 aliphatic rings. The Hall–Kier alpha value is -4.78. The number of hydrogen-bond acceptors (Lipinski definition) is 5. The van der Waals surface area contributed by atoms with E-state index < -0.39 is 0 Å². The van der Waals surface area contributed by atoms with E-state index in [0.29, 0.717) is 41.3 Å². The quantitative estimate of drug-likeness (QED) is 0.391. The average Bonchev–Trinajstić information content (AvgIpc) is 3.50. The van der Waals surface area contributed by atoms with Gasteiger partial charge in [0.2, 0.25) is 6.79 Å². The first kappa shape index (κ1) is 21.7. The van der Waals surface area contributed by atoms with Crippen LogP contribution in [0.1, 0.15) is 31.8 Å². The van der Waals surface area contributed by atoms with Gasteiger partial charge >= 0.3 is 0 Å². The minimum absolute atomic E-state index is 0.00559. The van der Waals surface area contributed by atoms with Gasteiger partial charge in [0.1, 0.15) is 0 Å². The summed E-state index contributed by atoms with van der Waals surface area (Å²) in [5, 5.41) is 2.83. The molecule has 6 rings (SSSR count). The van der Waals surface area contributed by atoms with Crippen LogP contribution in [0.25, 0.3) is 11.1 Å². The standard InChI is InChI=1S/C29H23N3O4/c30-24-6-1-2-7-25(24)31-28(33)19-10-8-18(9-11-19)15-32-16-23-21(4-3-5-22(23)29(32)34)20-12-13-26-27(14-20)36-17-35-26/h1-14H,15-17,30H2,(H,31,33). The van der Waals surface area contributed by atoms with Crippen molar-refractivity contribution in [1.29, 1.82) is 0 Å². The molecule has 0 fully saturated rings. The smallest absolute Gasteiger partial charge is 0.255 e. The van der Waals surface area contributed by atoms with Crippen molar-refractivity contribution in [2.75, 3.05) is 17.8 Å². The molecule has 3 N–H and O–H groups in total. The molecule has 4 aromatic rings. The topological polar surface area (TPSA) is 93.9 Å². The molecule has 0 saturated carbocycles. The van der Waals surface area contributed by atoms with Crippen LogP contribution in [0.5, 0.6) is 11.5 Å². The second kappa shape index (κ2) is 8.78. The van der Waals surface area contributed by atoms with Gasteiger partial charge in [0, 0.05) is 24.2 Å². The number of nitrogens with two attached hydrogens (primary N) is 1. The van der Waals surface area contributed by atoms with Gasteiger partial charge in [-0.15, -0.1) is 0 Å². The second-order valence-corrected chi connectivity index (χ2v) is 8.80. The van der Waals surface area contributed by atoms with E-state index in [1.807, 2.05) is 65.6 Å². The molecule has 0 bridgehead atoms. The van der Waals surface area contributed by atoms with Gasteiger partial charge in [0.05, 0.1) is 11.4 Å². The van der Waals surface area contributed by atoms with Crippen molar-refractivity contribution >= 4 is 23.2 Å². The Morgan fingerprint density at radius 1 is 0.889 bits per heavy atom. The highest BCUT2D eigenvalue weighted by Crippen LogP contribution is 2.39. The molecule has 2 heterocycles. The van der Waals surface area contributed by atoms with Crippen LogP contribution < -0.4 is 20.5 Å². The molecule has 178 valence electrons. The van der Waals surface area contributed by atoms with Gasteiger partial charge in [-0.05, 0) is 64.7 Å². The molecule has 7 heteroatoms. The van der Waals surface area contributed by atoms with Gasteiger partial charge in [-0.25, -0.2) is 0 Å². The minimum Gasteiger partial charge on any atom is -0.454 e. The molecular weight excluding hydrogens is 454 g/mol. The summed E-state index contributed by atoms with van der Waals surface area (Å²) in [6.07, 6.45) is 0. The first-order valence-electron chi connectivity index (χ1n) is 11.6. The number of ether oxygens (including phenoxy) is 2. The predicted molar refractivity (Wildman–Crippen MR) is 137 cm³/mol. The summed E-state index contributed by atoms with van der Waals surface area (Å²) < 4.78 is 11.0. The molecule has 4 aromatic carbocycles. The maximum absolute atomic E-state index is 13.2. The fourth-order valence-corrected chi connectivity index (χ4v) is 4.64. The monoisotopic (exact) mass is 477 g/mol.